The molecule has 1 aromatic rings. The van der Waals surface area contributed by atoms with E-state index in [1.165, 1.54) is 32.2 Å². The number of carbonyl (C=O) groups is 3. The molecule has 118 valence electrons. The summed E-state index contributed by atoms with van der Waals surface area (Å²) in [7, 11) is 1.33. The molecule has 0 aromatic heterocycles. The molecule has 0 aliphatic carbocycles. The predicted molar refractivity (Wildman–Crippen MR) is 78.6 cm³/mol. The van der Waals surface area contributed by atoms with Gasteiger partial charge < -0.3 is 10.1 Å². The standard InChI is InChI=1S/C14H14ClFN2O4/c1-8(13(20)18-14(21)17-2)22-12(19)7-6-9-10(15)4-3-5-11(9)16/h3-8H,1-2H3,(H2,17,18,20,21)/b7-6+/t8-/m0/s1. The van der Waals surface area contributed by atoms with Gasteiger partial charge in [-0.3, -0.25) is 10.1 Å². The van der Waals surface area contributed by atoms with Gasteiger partial charge in [-0.15, -0.1) is 0 Å². The molecule has 1 rings (SSSR count). The van der Waals surface area contributed by atoms with Crippen molar-refractivity contribution in [3.63, 3.8) is 0 Å². The van der Waals surface area contributed by atoms with Gasteiger partial charge in [-0.2, -0.15) is 0 Å². The average molecular weight is 329 g/mol. The molecule has 6 nitrogen and oxygen atoms in total. The molecule has 0 unspecified atom stereocenters. The minimum atomic E-state index is -1.19. The lowest BCUT2D eigenvalue weighted by Crippen LogP contribution is -2.43. The number of halogens is 2. The van der Waals surface area contributed by atoms with Crippen molar-refractivity contribution in [2.24, 2.45) is 0 Å². The number of amides is 3. The first-order valence-electron chi connectivity index (χ1n) is 6.20. The zero-order chi connectivity index (χ0) is 16.7. The van der Waals surface area contributed by atoms with Gasteiger partial charge in [0.1, 0.15) is 5.82 Å². The Bertz CT molecular complexity index is 599. The fourth-order valence-corrected chi connectivity index (χ4v) is 1.59. The number of rotatable bonds is 4. The van der Waals surface area contributed by atoms with Crippen LogP contribution < -0.4 is 10.6 Å². The van der Waals surface area contributed by atoms with E-state index < -0.39 is 29.8 Å². The lowest BCUT2D eigenvalue weighted by Gasteiger charge is -2.11. The molecular formula is C14H14ClFN2O4. The number of hydrogen-bond acceptors (Lipinski definition) is 4. The largest absolute Gasteiger partial charge is 0.449 e. The van der Waals surface area contributed by atoms with Crippen molar-refractivity contribution in [3.05, 3.63) is 40.7 Å². The van der Waals surface area contributed by atoms with Gasteiger partial charge in [0.05, 0.1) is 5.02 Å². The van der Waals surface area contributed by atoms with Gasteiger partial charge in [0.2, 0.25) is 0 Å². The highest BCUT2D eigenvalue weighted by molar-refractivity contribution is 6.32. The van der Waals surface area contributed by atoms with E-state index in [1.54, 1.807) is 0 Å². The Morgan fingerprint density at radius 2 is 2.05 bits per heavy atom. The maximum absolute atomic E-state index is 13.5. The van der Waals surface area contributed by atoms with E-state index in [9.17, 15) is 18.8 Å². The normalized spacial score (nSPS) is 11.8. The maximum Gasteiger partial charge on any atom is 0.331 e. The summed E-state index contributed by atoms with van der Waals surface area (Å²) in [5, 5.41) is 4.27. The Hall–Kier alpha value is -2.41. The molecule has 0 spiro atoms. The SMILES string of the molecule is CNC(=O)NC(=O)[C@H](C)OC(=O)/C=C/c1c(F)cccc1Cl. The van der Waals surface area contributed by atoms with Crippen LogP contribution in [0.5, 0.6) is 0 Å². The Kier molecular flexibility index (Phi) is 6.52. The third kappa shape index (κ3) is 5.17. The lowest BCUT2D eigenvalue weighted by atomic mass is 10.2. The van der Waals surface area contributed by atoms with E-state index in [1.807, 2.05) is 5.32 Å². The van der Waals surface area contributed by atoms with E-state index >= 15 is 0 Å². The van der Waals surface area contributed by atoms with Crippen molar-refractivity contribution in [2.45, 2.75) is 13.0 Å². The summed E-state index contributed by atoms with van der Waals surface area (Å²) in [5.41, 5.74) is 0.0311. The summed E-state index contributed by atoms with van der Waals surface area (Å²) in [6, 6.07) is 3.37. The summed E-state index contributed by atoms with van der Waals surface area (Å²) in [5.74, 6) is -2.26. The highest BCUT2D eigenvalue weighted by atomic mass is 35.5. The van der Waals surface area contributed by atoms with Crippen LogP contribution in [-0.4, -0.2) is 31.1 Å². The summed E-state index contributed by atoms with van der Waals surface area (Å²) < 4.78 is 18.3. The van der Waals surface area contributed by atoms with Crippen LogP contribution in [-0.2, 0) is 14.3 Å². The molecule has 2 N–H and O–H groups in total. The van der Waals surface area contributed by atoms with Crippen LogP contribution in [0.3, 0.4) is 0 Å². The molecule has 0 bridgehead atoms. The Balaban J connectivity index is 2.64. The fourth-order valence-electron chi connectivity index (χ4n) is 1.36. The second kappa shape index (κ2) is 8.14. The number of urea groups is 1. The third-order valence-corrected chi connectivity index (χ3v) is 2.84. The summed E-state index contributed by atoms with van der Waals surface area (Å²) >= 11 is 5.79. The molecule has 0 aliphatic rings. The van der Waals surface area contributed by atoms with Gasteiger partial charge >= 0.3 is 12.0 Å². The molecule has 0 fully saturated rings. The van der Waals surface area contributed by atoms with Crippen LogP contribution in [0.2, 0.25) is 5.02 Å². The first-order valence-corrected chi connectivity index (χ1v) is 6.58. The molecule has 0 saturated heterocycles. The second-order valence-electron chi connectivity index (χ2n) is 4.12. The average Bonchev–Trinajstić information content (AvgIpc) is 2.46. The highest BCUT2D eigenvalue weighted by Crippen LogP contribution is 2.20. The number of hydrogen-bond donors (Lipinski definition) is 2. The molecule has 1 aromatic carbocycles. The summed E-state index contributed by atoms with van der Waals surface area (Å²) in [6.45, 7) is 1.29. The molecule has 0 aliphatic heterocycles. The highest BCUT2D eigenvalue weighted by Gasteiger charge is 2.18. The van der Waals surface area contributed by atoms with Crippen molar-refractivity contribution in [2.75, 3.05) is 7.05 Å². The van der Waals surface area contributed by atoms with E-state index in [0.717, 1.165) is 12.2 Å². The van der Waals surface area contributed by atoms with Crippen LogP contribution in [0, 0.1) is 5.82 Å². The van der Waals surface area contributed by atoms with E-state index in [2.05, 4.69) is 5.32 Å². The molecule has 0 heterocycles. The van der Waals surface area contributed by atoms with E-state index in [0.29, 0.717) is 0 Å². The van der Waals surface area contributed by atoms with E-state index in [-0.39, 0.29) is 10.6 Å². The van der Waals surface area contributed by atoms with Crippen LogP contribution in [0.25, 0.3) is 6.08 Å². The zero-order valence-corrected chi connectivity index (χ0v) is 12.6. The Morgan fingerprint density at radius 1 is 1.36 bits per heavy atom. The monoisotopic (exact) mass is 328 g/mol. The number of nitrogens with one attached hydrogen (secondary N) is 2. The van der Waals surface area contributed by atoms with Gasteiger partial charge in [0, 0.05) is 18.7 Å². The third-order valence-electron chi connectivity index (χ3n) is 2.51. The van der Waals surface area contributed by atoms with E-state index in [4.69, 9.17) is 16.3 Å². The summed E-state index contributed by atoms with van der Waals surface area (Å²) in [6.07, 6.45) is 0.891. The van der Waals surface area contributed by atoms with Crippen molar-refractivity contribution in [3.8, 4) is 0 Å². The first kappa shape index (κ1) is 17.6. The van der Waals surface area contributed by atoms with Crippen LogP contribution >= 0.6 is 11.6 Å². The molecule has 22 heavy (non-hydrogen) atoms. The quantitative estimate of drug-likeness (QED) is 0.653. The predicted octanol–water partition coefficient (Wildman–Crippen LogP) is 1.88. The molecule has 0 saturated carbocycles. The molecule has 0 radical (unpaired) electrons. The smallest absolute Gasteiger partial charge is 0.331 e. The van der Waals surface area contributed by atoms with Crippen molar-refractivity contribution < 1.29 is 23.5 Å². The molecule has 1 atom stereocenters. The number of esters is 1. The molecular weight excluding hydrogens is 315 g/mol. The zero-order valence-electron chi connectivity index (χ0n) is 11.9. The minimum Gasteiger partial charge on any atom is -0.449 e. The number of imide groups is 1. The maximum atomic E-state index is 13.5. The van der Waals surface area contributed by atoms with Crippen molar-refractivity contribution >= 4 is 35.6 Å². The fraction of sp³-hybridized carbons (Fsp3) is 0.214. The minimum absolute atomic E-state index is 0.0311. The molecule has 3 amide bonds. The Morgan fingerprint density at radius 3 is 2.64 bits per heavy atom. The topological polar surface area (TPSA) is 84.5 Å². The van der Waals surface area contributed by atoms with Crippen LogP contribution in [0.4, 0.5) is 9.18 Å². The second-order valence-corrected chi connectivity index (χ2v) is 4.52. The van der Waals surface area contributed by atoms with Gasteiger partial charge in [0.15, 0.2) is 6.10 Å². The number of carbonyl (C=O) groups excluding carboxylic acids is 3. The number of ether oxygens (including phenoxy) is 1. The van der Waals surface area contributed by atoms with Crippen molar-refractivity contribution in [1.82, 2.24) is 10.6 Å². The Labute approximate surface area is 131 Å². The van der Waals surface area contributed by atoms with Crippen molar-refractivity contribution in [1.29, 1.82) is 0 Å². The van der Waals surface area contributed by atoms with Crippen LogP contribution in [0.15, 0.2) is 24.3 Å². The van der Waals surface area contributed by atoms with Gasteiger partial charge in [-0.05, 0) is 25.1 Å². The van der Waals surface area contributed by atoms with Crippen LogP contribution in [0.1, 0.15) is 12.5 Å². The first-order chi connectivity index (χ1) is 10.3. The van der Waals surface area contributed by atoms with Gasteiger partial charge in [-0.25, -0.2) is 14.0 Å². The number of benzene rings is 1. The van der Waals surface area contributed by atoms with Gasteiger partial charge in [0.25, 0.3) is 5.91 Å². The lowest BCUT2D eigenvalue weighted by molar-refractivity contribution is -0.149. The van der Waals surface area contributed by atoms with Gasteiger partial charge in [-0.1, -0.05) is 17.7 Å². The summed E-state index contributed by atoms with van der Waals surface area (Å²) in [4.78, 5) is 34.0. The molecule has 8 heteroatoms.